The van der Waals surface area contributed by atoms with Crippen molar-refractivity contribution in [3.8, 4) is 23.4 Å². The maximum atomic E-state index is 10.6. The molecule has 2 N–H and O–H groups in total. The Balaban J connectivity index is 0.000000426. The third-order valence-corrected chi connectivity index (χ3v) is 6.24. The van der Waals surface area contributed by atoms with Gasteiger partial charge in [-0.1, -0.05) is 0 Å². The number of hydrogen-bond acceptors (Lipinski definition) is 7. The molecule has 2 atom stereocenters. The van der Waals surface area contributed by atoms with Gasteiger partial charge >= 0.3 is 12.1 Å². The monoisotopic (exact) mass is 522 g/mol. The minimum Gasteiger partial charge on any atom is -0.475 e. The highest BCUT2D eigenvalue weighted by Crippen LogP contribution is 2.35. The standard InChI is InChI=1S/C23H20N8.C2HF3O2/c24-7-3-20(17-5-11-31(13-17)23-16(12-25)2-1-8-27-23)30-10-6-18(14-30)21-19-4-9-26-22(19)29-15-28-21;3-2(4,5)1(6)7/h1-2,4,6,8-10,14-15,17,20H,3,5,11,13H2,(H,26,28,29);(H,6,7). The zero-order valence-electron chi connectivity index (χ0n) is 19.8. The van der Waals surface area contributed by atoms with Crippen LogP contribution in [0, 0.1) is 28.6 Å². The fraction of sp³-hybridized carbons (Fsp3) is 0.280. The molecule has 1 aliphatic rings. The van der Waals surface area contributed by atoms with Crippen LogP contribution in [0.2, 0.25) is 0 Å². The van der Waals surface area contributed by atoms with E-state index in [4.69, 9.17) is 9.90 Å². The number of nitriles is 2. The maximum Gasteiger partial charge on any atom is 0.490 e. The van der Waals surface area contributed by atoms with Crippen LogP contribution in [0.5, 0.6) is 0 Å². The molecule has 13 heteroatoms. The van der Waals surface area contributed by atoms with Crippen LogP contribution in [0.15, 0.2) is 55.4 Å². The molecule has 4 aromatic rings. The Bertz CT molecular complexity index is 1520. The number of hydrogen-bond donors (Lipinski definition) is 2. The number of aliphatic carboxylic acids is 1. The Labute approximate surface area is 214 Å². The SMILES string of the molecule is N#CCC(C1CCN(c2ncccc2C#N)C1)n1ccc(-c2ncnc3[nH]ccc23)c1.O=C(O)C(F)(F)F. The Morgan fingerprint density at radius 3 is 2.74 bits per heavy atom. The number of aromatic amines is 1. The van der Waals surface area contributed by atoms with Crippen molar-refractivity contribution in [1.82, 2.24) is 24.5 Å². The molecule has 1 aliphatic heterocycles. The van der Waals surface area contributed by atoms with Crippen LogP contribution in [0.25, 0.3) is 22.3 Å². The number of pyridine rings is 1. The molecule has 0 spiro atoms. The average Bonchev–Trinajstić information content (AvgIpc) is 3.68. The van der Waals surface area contributed by atoms with E-state index < -0.39 is 12.1 Å². The number of alkyl halides is 3. The molecule has 4 aromatic heterocycles. The lowest BCUT2D eigenvalue weighted by Crippen LogP contribution is -2.25. The third kappa shape index (κ3) is 5.57. The van der Waals surface area contributed by atoms with Crippen LogP contribution in [-0.2, 0) is 4.79 Å². The van der Waals surface area contributed by atoms with Crippen molar-refractivity contribution < 1.29 is 23.1 Å². The highest BCUT2D eigenvalue weighted by Gasteiger charge is 2.38. The second-order valence-corrected chi connectivity index (χ2v) is 8.52. The lowest BCUT2D eigenvalue weighted by Gasteiger charge is -2.24. The van der Waals surface area contributed by atoms with Gasteiger partial charge in [-0.15, -0.1) is 0 Å². The smallest absolute Gasteiger partial charge is 0.475 e. The van der Waals surface area contributed by atoms with Crippen LogP contribution >= 0.6 is 0 Å². The minimum absolute atomic E-state index is 0.0431. The molecule has 0 aliphatic carbocycles. The van der Waals surface area contributed by atoms with Gasteiger partial charge in [0.15, 0.2) is 0 Å². The van der Waals surface area contributed by atoms with Gasteiger partial charge in [-0.3, -0.25) is 0 Å². The van der Waals surface area contributed by atoms with Gasteiger partial charge in [-0.05, 0) is 36.6 Å². The summed E-state index contributed by atoms with van der Waals surface area (Å²) < 4.78 is 33.9. The largest absolute Gasteiger partial charge is 0.490 e. The highest BCUT2D eigenvalue weighted by molar-refractivity contribution is 5.90. The Morgan fingerprint density at radius 2 is 2.03 bits per heavy atom. The Morgan fingerprint density at radius 1 is 1.24 bits per heavy atom. The summed E-state index contributed by atoms with van der Waals surface area (Å²) in [4.78, 5) is 27.3. The molecule has 10 nitrogen and oxygen atoms in total. The van der Waals surface area contributed by atoms with Crippen molar-refractivity contribution in [2.24, 2.45) is 5.92 Å². The first-order valence-corrected chi connectivity index (χ1v) is 11.5. The van der Waals surface area contributed by atoms with Crippen molar-refractivity contribution in [2.75, 3.05) is 18.0 Å². The first-order chi connectivity index (χ1) is 18.2. The number of rotatable bonds is 5. The van der Waals surface area contributed by atoms with E-state index in [-0.39, 0.29) is 12.0 Å². The van der Waals surface area contributed by atoms with Crippen molar-refractivity contribution in [3.05, 3.63) is 60.9 Å². The molecule has 1 fully saturated rings. The van der Waals surface area contributed by atoms with Gasteiger partial charge in [-0.2, -0.15) is 23.7 Å². The van der Waals surface area contributed by atoms with Crippen LogP contribution in [0.4, 0.5) is 19.0 Å². The molecule has 0 saturated carbocycles. The number of H-pyrrole nitrogens is 1. The molecule has 5 rings (SSSR count). The van der Waals surface area contributed by atoms with Gasteiger partial charge in [0.25, 0.3) is 0 Å². The molecule has 0 amide bonds. The summed E-state index contributed by atoms with van der Waals surface area (Å²) in [5, 5.41) is 27.0. The number of halogens is 3. The molecule has 0 aromatic carbocycles. The van der Waals surface area contributed by atoms with Crippen molar-refractivity contribution in [2.45, 2.75) is 25.1 Å². The van der Waals surface area contributed by atoms with E-state index >= 15 is 0 Å². The van der Waals surface area contributed by atoms with E-state index in [0.717, 1.165) is 47.6 Å². The lowest BCUT2D eigenvalue weighted by atomic mass is 9.96. The summed E-state index contributed by atoms with van der Waals surface area (Å²) in [6.45, 7) is 1.59. The molecular weight excluding hydrogens is 501 g/mol. The van der Waals surface area contributed by atoms with Crippen LogP contribution in [0.3, 0.4) is 0 Å². The number of carboxylic acid groups (broad SMARTS) is 1. The summed E-state index contributed by atoms with van der Waals surface area (Å²) >= 11 is 0. The number of nitrogens with one attached hydrogen (secondary N) is 1. The summed E-state index contributed by atoms with van der Waals surface area (Å²) in [5.41, 5.74) is 3.27. The van der Waals surface area contributed by atoms with E-state index in [1.54, 1.807) is 24.7 Å². The average molecular weight is 522 g/mol. The number of carboxylic acids is 1. The maximum absolute atomic E-state index is 10.6. The van der Waals surface area contributed by atoms with Gasteiger partial charge in [0.2, 0.25) is 0 Å². The van der Waals surface area contributed by atoms with E-state index in [2.05, 4.69) is 47.7 Å². The van der Waals surface area contributed by atoms with E-state index in [9.17, 15) is 23.7 Å². The molecule has 1 saturated heterocycles. The second kappa shape index (κ2) is 11.0. The van der Waals surface area contributed by atoms with Gasteiger partial charge in [0, 0.05) is 48.8 Å². The predicted octanol–water partition coefficient (Wildman–Crippen LogP) is 4.31. The van der Waals surface area contributed by atoms with Crippen molar-refractivity contribution in [1.29, 1.82) is 10.5 Å². The van der Waals surface area contributed by atoms with Crippen LogP contribution < -0.4 is 4.90 Å². The lowest BCUT2D eigenvalue weighted by molar-refractivity contribution is -0.192. The zero-order chi connectivity index (χ0) is 27.3. The van der Waals surface area contributed by atoms with E-state index in [0.29, 0.717) is 12.0 Å². The van der Waals surface area contributed by atoms with Gasteiger partial charge < -0.3 is 19.6 Å². The first kappa shape index (κ1) is 26.2. The van der Waals surface area contributed by atoms with E-state index in [1.807, 2.05) is 24.5 Å². The third-order valence-electron chi connectivity index (χ3n) is 6.24. The molecule has 194 valence electrons. The molecule has 5 heterocycles. The minimum atomic E-state index is -5.08. The number of carbonyl (C=O) groups is 1. The summed E-state index contributed by atoms with van der Waals surface area (Å²) in [5.74, 6) is -1.74. The quantitative estimate of drug-likeness (QED) is 0.394. The number of aromatic nitrogens is 5. The first-order valence-electron chi connectivity index (χ1n) is 11.5. The summed E-state index contributed by atoms with van der Waals surface area (Å²) in [6, 6.07) is 12.2. The molecular formula is C25H21F3N8O2. The number of fused-ring (bicyclic) bond motifs is 1. The fourth-order valence-electron chi connectivity index (χ4n) is 4.50. The van der Waals surface area contributed by atoms with Crippen LogP contribution in [-0.4, -0.2) is 54.8 Å². The molecule has 38 heavy (non-hydrogen) atoms. The second-order valence-electron chi connectivity index (χ2n) is 8.52. The van der Waals surface area contributed by atoms with Crippen molar-refractivity contribution in [3.63, 3.8) is 0 Å². The van der Waals surface area contributed by atoms with Gasteiger partial charge in [0.1, 0.15) is 23.9 Å². The van der Waals surface area contributed by atoms with Gasteiger partial charge in [-0.25, -0.2) is 19.7 Å². The Hall–Kier alpha value is -4.91. The predicted molar refractivity (Wildman–Crippen MR) is 130 cm³/mol. The Kier molecular flexibility index (Phi) is 7.58. The highest BCUT2D eigenvalue weighted by atomic mass is 19.4. The molecule has 0 bridgehead atoms. The van der Waals surface area contributed by atoms with Gasteiger partial charge in [0.05, 0.1) is 29.8 Å². The topological polar surface area (TPSA) is 148 Å². The number of nitrogens with zero attached hydrogens (tertiary/aromatic N) is 7. The summed E-state index contributed by atoms with van der Waals surface area (Å²) in [6.07, 6.45) is 5.52. The van der Waals surface area contributed by atoms with Crippen LogP contribution in [0.1, 0.15) is 24.4 Å². The fourth-order valence-corrected chi connectivity index (χ4v) is 4.50. The molecule has 0 radical (unpaired) electrons. The normalized spacial score (nSPS) is 15.8. The summed E-state index contributed by atoms with van der Waals surface area (Å²) in [7, 11) is 0. The van der Waals surface area contributed by atoms with E-state index in [1.165, 1.54) is 0 Å². The number of anilines is 1. The van der Waals surface area contributed by atoms with Crippen molar-refractivity contribution >= 4 is 22.8 Å². The molecule has 2 unspecified atom stereocenters. The zero-order valence-corrected chi connectivity index (χ0v) is 19.8.